The van der Waals surface area contributed by atoms with Crippen molar-refractivity contribution in [1.82, 2.24) is 0 Å². The summed E-state index contributed by atoms with van der Waals surface area (Å²) in [5.74, 6) is -0.178. The van der Waals surface area contributed by atoms with E-state index < -0.39 is 5.41 Å². The number of esters is 1. The highest BCUT2D eigenvalue weighted by molar-refractivity contribution is 14.1. The molecular formula is C15H22INO2. The highest BCUT2D eigenvalue weighted by atomic mass is 127. The fourth-order valence-electron chi connectivity index (χ4n) is 1.39. The van der Waals surface area contributed by atoms with Crippen LogP contribution in [0.5, 0.6) is 0 Å². The molecular weight excluding hydrogens is 353 g/mol. The van der Waals surface area contributed by atoms with Gasteiger partial charge in [0.1, 0.15) is 6.61 Å². The number of nitrogens with one attached hydrogen (secondary N) is 1. The number of hydrogen-bond donors (Lipinski definition) is 1. The van der Waals surface area contributed by atoms with Crippen molar-refractivity contribution in [1.29, 1.82) is 0 Å². The molecule has 4 heteroatoms. The van der Waals surface area contributed by atoms with Gasteiger partial charge in [0.2, 0.25) is 0 Å². The molecule has 0 saturated carbocycles. The molecule has 1 rings (SSSR count). The third kappa shape index (κ3) is 6.27. The van der Waals surface area contributed by atoms with Crippen LogP contribution in [0.1, 0.15) is 40.2 Å². The van der Waals surface area contributed by atoms with Gasteiger partial charge < -0.3 is 10.1 Å². The number of hydrogen-bond acceptors (Lipinski definition) is 3. The minimum atomic E-state index is -0.452. The second-order valence-electron chi connectivity index (χ2n) is 6.12. The molecule has 1 aromatic rings. The van der Waals surface area contributed by atoms with E-state index in [4.69, 9.17) is 4.74 Å². The first-order valence-corrected chi connectivity index (χ1v) is 7.39. The largest absolute Gasteiger partial charge is 0.460 e. The predicted molar refractivity (Wildman–Crippen MR) is 87.4 cm³/mol. The Labute approximate surface area is 129 Å². The molecule has 0 heterocycles. The predicted octanol–water partition coefficient (Wildman–Crippen LogP) is 4.36. The summed E-state index contributed by atoms with van der Waals surface area (Å²) in [7, 11) is 0. The lowest BCUT2D eigenvalue weighted by Gasteiger charge is -2.20. The van der Waals surface area contributed by atoms with E-state index in [-0.39, 0.29) is 9.51 Å². The Hall–Kier alpha value is -0.780. The number of rotatable bonds is 4. The Morgan fingerprint density at radius 3 is 2.11 bits per heavy atom. The van der Waals surface area contributed by atoms with Gasteiger partial charge >= 0.3 is 5.97 Å². The first-order valence-electron chi connectivity index (χ1n) is 6.31. The van der Waals surface area contributed by atoms with E-state index in [1.807, 2.05) is 45.0 Å². The van der Waals surface area contributed by atoms with Gasteiger partial charge in [-0.15, -0.1) is 0 Å². The Kier molecular flexibility index (Phi) is 5.24. The maximum Gasteiger partial charge on any atom is 0.311 e. The molecule has 1 aromatic carbocycles. The third-order valence-corrected chi connectivity index (χ3v) is 2.65. The molecule has 0 atom stereocenters. The molecule has 0 aliphatic rings. The Balaban J connectivity index is 2.56. The summed E-state index contributed by atoms with van der Waals surface area (Å²) >= 11 is 2.34. The van der Waals surface area contributed by atoms with Gasteiger partial charge in [-0.2, -0.15) is 0 Å². The number of alkyl halides is 1. The van der Waals surface area contributed by atoms with Crippen LogP contribution < -0.4 is 5.32 Å². The number of carbonyl (C=O) groups is 1. The third-order valence-electron chi connectivity index (χ3n) is 2.38. The van der Waals surface area contributed by atoms with Crippen molar-refractivity contribution in [3.8, 4) is 0 Å². The lowest BCUT2D eigenvalue weighted by Crippen LogP contribution is -2.23. The molecule has 0 amide bonds. The van der Waals surface area contributed by atoms with Crippen LogP contribution in [0.15, 0.2) is 24.3 Å². The van der Waals surface area contributed by atoms with E-state index in [9.17, 15) is 4.79 Å². The van der Waals surface area contributed by atoms with Crippen LogP contribution in [0.3, 0.4) is 0 Å². The second-order valence-corrected chi connectivity index (χ2v) is 8.82. The van der Waals surface area contributed by atoms with Gasteiger partial charge in [0.25, 0.3) is 0 Å². The van der Waals surface area contributed by atoms with Gasteiger partial charge in [-0.1, -0.05) is 34.7 Å². The van der Waals surface area contributed by atoms with Crippen LogP contribution in [0.2, 0.25) is 0 Å². The number of anilines is 1. The normalized spacial score (nSPS) is 12.1. The minimum Gasteiger partial charge on any atom is -0.460 e. The number of ether oxygens (including phenoxy) is 1. The summed E-state index contributed by atoms with van der Waals surface area (Å²) in [5.41, 5.74) is 1.60. The minimum absolute atomic E-state index is 0.0119. The van der Waals surface area contributed by atoms with E-state index >= 15 is 0 Å². The van der Waals surface area contributed by atoms with Crippen molar-refractivity contribution < 1.29 is 9.53 Å². The molecule has 0 spiro atoms. The molecule has 0 unspecified atom stereocenters. The monoisotopic (exact) mass is 375 g/mol. The molecule has 19 heavy (non-hydrogen) atoms. The first-order chi connectivity index (χ1) is 8.58. The summed E-state index contributed by atoms with van der Waals surface area (Å²) in [5, 5.41) is 3.38. The van der Waals surface area contributed by atoms with Crippen molar-refractivity contribution in [3.63, 3.8) is 0 Å². The Morgan fingerprint density at radius 1 is 1.16 bits per heavy atom. The SMILES string of the molecule is CC(C)(I)Nc1ccc(COC(=O)C(C)(C)C)cc1. The van der Waals surface area contributed by atoms with Gasteiger partial charge in [0.15, 0.2) is 0 Å². The quantitative estimate of drug-likeness (QED) is 0.368. The fourth-order valence-corrected chi connectivity index (χ4v) is 1.70. The van der Waals surface area contributed by atoms with Crippen molar-refractivity contribution in [2.24, 2.45) is 5.41 Å². The first kappa shape index (κ1) is 16.3. The number of benzene rings is 1. The van der Waals surface area contributed by atoms with Crippen molar-refractivity contribution in [2.75, 3.05) is 5.32 Å². The summed E-state index contributed by atoms with van der Waals surface area (Å²) < 4.78 is 5.28. The van der Waals surface area contributed by atoms with Crippen LogP contribution >= 0.6 is 22.6 Å². The standard InChI is InChI=1S/C15H22INO2/c1-14(2,3)13(18)19-10-11-6-8-12(9-7-11)17-15(4,5)16/h6-9,17H,10H2,1-5H3. The van der Waals surface area contributed by atoms with E-state index in [0.29, 0.717) is 6.61 Å². The molecule has 1 N–H and O–H groups in total. The average molecular weight is 375 g/mol. The van der Waals surface area contributed by atoms with Gasteiger partial charge in [-0.3, -0.25) is 4.79 Å². The topological polar surface area (TPSA) is 38.3 Å². The Bertz CT molecular complexity index is 427. The zero-order valence-electron chi connectivity index (χ0n) is 12.2. The summed E-state index contributed by atoms with van der Waals surface area (Å²) in [6.45, 7) is 10.1. The smallest absolute Gasteiger partial charge is 0.311 e. The van der Waals surface area contributed by atoms with Gasteiger partial charge in [-0.05, 0) is 52.3 Å². The second kappa shape index (κ2) is 6.11. The highest BCUT2D eigenvalue weighted by Crippen LogP contribution is 2.22. The molecule has 106 valence electrons. The van der Waals surface area contributed by atoms with Crippen molar-refractivity contribution >= 4 is 34.2 Å². The highest BCUT2D eigenvalue weighted by Gasteiger charge is 2.22. The summed E-state index contributed by atoms with van der Waals surface area (Å²) in [4.78, 5) is 11.7. The average Bonchev–Trinajstić information content (AvgIpc) is 2.24. The molecule has 0 fully saturated rings. The van der Waals surface area contributed by atoms with E-state index in [1.165, 1.54) is 0 Å². The van der Waals surface area contributed by atoms with Crippen molar-refractivity contribution in [2.45, 2.75) is 44.8 Å². The van der Waals surface area contributed by atoms with Crippen molar-refractivity contribution in [3.05, 3.63) is 29.8 Å². The molecule has 3 nitrogen and oxygen atoms in total. The van der Waals surface area contributed by atoms with E-state index in [2.05, 4.69) is 41.8 Å². The van der Waals surface area contributed by atoms with Gasteiger partial charge in [-0.25, -0.2) is 0 Å². The van der Waals surface area contributed by atoms with Gasteiger partial charge in [0, 0.05) is 5.69 Å². The van der Waals surface area contributed by atoms with Crippen LogP contribution in [0.4, 0.5) is 5.69 Å². The van der Waals surface area contributed by atoms with Gasteiger partial charge in [0.05, 0.1) is 8.96 Å². The van der Waals surface area contributed by atoms with Crippen LogP contribution in [-0.4, -0.2) is 9.51 Å². The zero-order chi connectivity index (χ0) is 14.7. The molecule has 0 saturated heterocycles. The van der Waals surface area contributed by atoms with Crippen LogP contribution in [0, 0.1) is 5.41 Å². The van der Waals surface area contributed by atoms with E-state index in [0.717, 1.165) is 11.3 Å². The number of halogens is 1. The maximum atomic E-state index is 11.7. The maximum absolute atomic E-state index is 11.7. The Morgan fingerprint density at radius 2 is 1.68 bits per heavy atom. The fraction of sp³-hybridized carbons (Fsp3) is 0.533. The lowest BCUT2D eigenvalue weighted by atomic mass is 9.97. The summed E-state index contributed by atoms with van der Waals surface area (Å²) in [6, 6.07) is 7.95. The number of carbonyl (C=O) groups excluding carboxylic acids is 1. The van der Waals surface area contributed by atoms with E-state index in [1.54, 1.807) is 0 Å². The summed E-state index contributed by atoms with van der Waals surface area (Å²) in [6.07, 6.45) is 0. The zero-order valence-corrected chi connectivity index (χ0v) is 14.4. The lowest BCUT2D eigenvalue weighted by molar-refractivity contribution is -0.154. The van der Waals surface area contributed by atoms with Crippen LogP contribution in [0.25, 0.3) is 0 Å². The van der Waals surface area contributed by atoms with Crippen LogP contribution in [-0.2, 0) is 16.1 Å². The molecule has 0 radical (unpaired) electrons. The molecule has 0 aliphatic heterocycles. The molecule has 0 aliphatic carbocycles. The molecule has 0 bridgehead atoms. The molecule has 0 aromatic heterocycles.